The molecule has 0 aromatic heterocycles. The number of hydrogen-bond acceptors (Lipinski definition) is 3. The third kappa shape index (κ3) is 5.14. The fourth-order valence-electron chi connectivity index (χ4n) is 3.28. The van der Waals surface area contributed by atoms with Gasteiger partial charge in [0.15, 0.2) is 0 Å². The van der Waals surface area contributed by atoms with Gasteiger partial charge in [0, 0.05) is 24.2 Å². The fraction of sp³-hybridized carbons (Fsp3) is 0.333. The number of halogens is 6. The normalized spacial score (nSPS) is 14.6. The average Bonchev–Trinajstić information content (AvgIpc) is 3.14. The highest BCUT2D eigenvalue weighted by Gasteiger charge is 2.38. The number of likely N-dealkylation sites (tertiary alicyclic amines) is 1. The maximum atomic E-state index is 13.2. The number of anilines is 1. The predicted octanol–water partition coefficient (Wildman–Crippen LogP) is 4.96. The van der Waals surface area contributed by atoms with Crippen molar-refractivity contribution in [3.63, 3.8) is 0 Å². The summed E-state index contributed by atoms with van der Waals surface area (Å²) in [5, 5.41) is 0. The molecule has 11 heteroatoms. The first kappa shape index (κ1) is 23.4. The van der Waals surface area contributed by atoms with Crippen molar-refractivity contribution in [3.05, 3.63) is 59.2 Å². The summed E-state index contributed by atoms with van der Waals surface area (Å²) in [4.78, 5) is 27.5. The summed E-state index contributed by atoms with van der Waals surface area (Å²) in [5.74, 6) is -0.945. The molecular weight excluding hydrogens is 442 g/mol. The van der Waals surface area contributed by atoms with E-state index in [2.05, 4.69) is 0 Å². The smallest absolute Gasteiger partial charge is 0.416 e. The van der Waals surface area contributed by atoms with E-state index in [0.717, 1.165) is 4.90 Å². The van der Waals surface area contributed by atoms with Crippen molar-refractivity contribution in [1.29, 1.82) is 0 Å². The van der Waals surface area contributed by atoms with Crippen LogP contribution in [-0.4, -0.2) is 37.0 Å². The Kier molecular flexibility index (Phi) is 6.38. The zero-order chi connectivity index (χ0) is 23.7. The Bertz CT molecular complexity index is 970. The summed E-state index contributed by atoms with van der Waals surface area (Å²) in [6, 6.07) is 6.52. The molecule has 0 saturated carbocycles. The standard InChI is InChI=1S/C21H18F6N2O3/c1-32-17-6-4-16(5-7-17)29(12-28-8-2-3-18(28)30)19(31)13-9-14(20(22,23)24)11-15(10-13)21(25,26)27/h4-7,9-11H,2-3,8,12H2,1H3. The molecule has 1 heterocycles. The van der Waals surface area contributed by atoms with E-state index in [1.54, 1.807) is 0 Å². The van der Waals surface area contributed by atoms with Gasteiger partial charge in [0.05, 0.1) is 18.2 Å². The van der Waals surface area contributed by atoms with E-state index >= 15 is 0 Å². The third-order valence-corrected chi connectivity index (χ3v) is 4.95. The second-order valence-electron chi connectivity index (χ2n) is 7.13. The Morgan fingerprint density at radius 3 is 2.00 bits per heavy atom. The van der Waals surface area contributed by atoms with Crippen LogP contribution in [0, 0.1) is 0 Å². The number of carbonyl (C=O) groups is 2. The van der Waals surface area contributed by atoms with Crippen molar-refractivity contribution in [1.82, 2.24) is 4.90 Å². The minimum absolute atomic E-state index is 0.0432. The van der Waals surface area contributed by atoms with Gasteiger partial charge in [0.25, 0.3) is 5.91 Å². The molecule has 32 heavy (non-hydrogen) atoms. The predicted molar refractivity (Wildman–Crippen MR) is 102 cm³/mol. The van der Waals surface area contributed by atoms with Gasteiger partial charge in [-0.05, 0) is 48.9 Å². The van der Waals surface area contributed by atoms with Gasteiger partial charge in [-0.3, -0.25) is 14.5 Å². The molecule has 0 spiro atoms. The van der Waals surface area contributed by atoms with Crippen molar-refractivity contribution in [2.24, 2.45) is 0 Å². The Morgan fingerprint density at radius 2 is 1.56 bits per heavy atom. The van der Waals surface area contributed by atoms with Crippen LogP contribution < -0.4 is 9.64 Å². The topological polar surface area (TPSA) is 49.9 Å². The van der Waals surface area contributed by atoms with E-state index in [4.69, 9.17) is 4.74 Å². The van der Waals surface area contributed by atoms with Crippen molar-refractivity contribution in [3.8, 4) is 5.75 Å². The molecule has 2 aromatic rings. The maximum absolute atomic E-state index is 13.2. The number of rotatable bonds is 5. The number of benzene rings is 2. The molecule has 2 amide bonds. The molecule has 172 valence electrons. The second kappa shape index (κ2) is 8.71. The quantitative estimate of drug-likeness (QED) is 0.593. The molecule has 0 radical (unpaired) electrons. The minimum atomic E-state index is -5.09. The summed E-state index contributed by atoms with van der Waals surface area (Å²) < 4.78 is 84.4. The van der Waals surface area contributed by atoms with Crippen molar-refractivity contribution in [2.75, 3.05) is 25.2 Å². The SMILES string of the molecule is COc1ccc(N(CN2CCCC2=O)C(=O)c2cc(C(F)(F)F)cc(C(F)(F)F)c2)cc1. The van der Waals surface area contributed by atoms with Crippen LogP contribution in [0.3, 0.4) is 0 Å². The van der Waals surface area contributed by atoms with E-state index in [1.165, 1.54) is 36.3 Å². The van der Waals surface area contributed by atoms with Gasteiger partial charge in [-0.25, -0.2) is 0 Å². The molecule has 2 aromatic carbocycles. The number of carbonyl (C=O) groups excluding carboxylic acids is 2. The lowest BCUT2D eigenvalue weighted by atomic mass is 10.0. The Hall–Kier alpha value is -3.24. The van der Waals surface area contributed by atoms with Crippen LogP contribution in [-0.2, 0) is 17.1 Å². The number of alkyl halides is 6. The number of ether oxygens (including phenoxy) is 1. The Labute approximate surface area is 179 Å². The van der Waals surface area contributed by atoms with Crippen molar-refractivity contribution >= 4 is 17.5 Å². The summed E-state index contributed by atoms with van der Waals surface area (Å²) in [6.45, 7) is -0.00322. The molecule has 1 saturated heterocycles. The van der Waals surface area contributed by atoms with Crippen LogP contribution in [0.5, 0.6) is 5.75 Å². The lowest BCUT2D eigenvalue weighted by molar-refractivity contribution is -0.143. The molecule has 0 aliphatic carbocycles. The number of amides is 2. The first-order valence-electron chi connectivity index (χ1n) is 9.43. The van der Waals surface area contributed by atoms with Gasteiger partial charge in [-0.15, -0.1) is 0 Å². The molecule has 3 rings (SSSR count). The highest BCUT2D eigenvalue weighted by molar-refractivity contribution is 6.06. The van der Waals surface area contributed by atoms with E-state index in [9.17, 15) is 35.9 Å². The molecule has 0 bridgehead atoms. The zero-order valence-electron chi connectivity index (χ0n) is 16.8. The van der Waals surface area contributed by atoms with Gasteiger partial charge < -0.3 is 9.64 Å². The van der Waals surface area contributed by atoms with Crippen LogP contribution >= 0.6 is 0 Å². The largest absolute Gasteiger partial charge is 0.497 e. The fourth-order valence-corrected chi connectivity index (χ4v) is 3.28. The van der Waals surface area contributed by atoms with Gasteiger partial charge in [0.2, 0.25) is 5.91 Å². The molecule has 0 unspecified atom stereocenters. The summed E-state index contributed by atoms with van der Waals surface area (Å²) in [7, 11) is 1.40. The van der Waals surface area contributed by atoms with Gasteiger partial charge >= 0.3 is 12.4 Å². The number of nitrogens with zero attached hydrogens (tertiary/aromatic N) is 2. The van der Waals surface area contributed by atoms with Gasteiger partial charge in [-0.2, -0.15) is 26.3 Å². The van der Waals surface area contributed by atoms with Gasteiger partial charge in [-0.1, -0.05) is 0 Å². The molecule has 1 fully saturated rings. The third-order valence-electron chi connectivity index (χ3n) is 4.95. The molecule has 1 aliphatic rings. The summed E-state index contributed by atoms with van der Waals surface area (Å²) in [5.41, 5.74) is -3.80. The second-order valence-corrected chi connectivity index (χ2v) is 7.13. The van der Waals surface area contributed by atoms with Crippen LogP contribution in [0.15, 0.2) is 42.5 Å². The van der Waals surface area contributed by atoms with Gasteiger partial charge in [0.1, 0.15) is 12.4 Å². The van der Waals surface area contributed by atoms with E-state index < -0.39 is 35.0 Å². The minimum Gasteiger partial charge on any atom is -0.497 e. The van der Waals surface area contributed by atoms with Crippen molar-refractivity contribution < 1.29 is 40.7 Å². The monoisotopic (exact) mass is 460 g/mol. The molecule has 1 aliphatic heterocycles. The highest BCUT2D eigenvalue weighted by atomic mass is 19.4. The zero-order valence-corrected chi connectivity index (χ0v) is 16.8. The summed E-state index contributed by atoms with van der Waals surface area (Å²) >= 11 is 0. The van der Waals surface area contributed by atoms with Crippen LogP contribution in [0.2, 0.25) is 0 Å². The molecule has 0 atom stereocenters. The Morgan fingerprint density at radius 1 is 1.00 bits per heavy atom. The first-order chi connectivity index (χ1) is 14.9. The summed E-state index contributed by atoms with van der Waals surface area (Å²) in [6.07, 6.45) is -9.41. The van der Waals surface area contributed by atoms with E-state index in [-0.39, 0.29) is 30.8 Å². The van der Waals surface area contributed by atoms with Crippen LogP contribution in [0.1, 0.15) is 34.3 Å². The van der Waals surface area contributed by atoms with E-state index in [0.29, 0.717) is 30.8 Å². The van der Waals surface area contributed by atoms with Crippen molar-refractivity contribution in [2.45, 2.75) is 25.2 Å². The maximum Gasteiger partial charge on any atom is 0.416 e. The molecule has 0 N–H and O–H groups in total. The van der Waals surface area contributed by atoms with E-state index in [1.807, 2.05) is 0 Å². The number of hydrogen-bond donors (Lipinski definition) is 0. The van der Waals surface area contributed by atoms with Crippen LogP contribution in [0.4, 0.5) is 32.0 Å². The highest BCUT2D eigenvalue weighted by Crippen LogP contribution is 2.37. The van der Waals surface area contributed by atoms with Crippen LogP contribution in [0.25, 0.3) is 0 Å². The molecular formula is C21H18F6N2O3. The lowest BCUT2D eigenvalue weighted by Gasteiger charge is -2.28. The Balaban J connectivity index is 2.07. The lowest BCUT2D eigenvalue weighted by Crippen LogP contribution is -2.42. The number of methoxy groups -OCH3 is 1. The average molecular weight is 460 g/mol. The first-order valence-corrected chi connectivity index (χ1v) is 9.43. The molecule has 5 nitrogen and oxygen atoms in total.